The van der Waals surface area contributed by atoms with Crippen LogP contribution in [-0.4, -0.2) is 36.1 Å². The number of pyridine rings is 1. The van der Waals surface area contributed by atoms with E-state index in [1.54, 1.807) is 7.11 Å². The Bertz CT molecular complexity index is 732. The molecule has 1 aromatic carbocycles. The van der Waals surface area contributed by atoms with E-state index in [-0.39, 0.29) is 6.04 Å². The van der Waals surface area contributed by atoms with Crippen LogP contribution in [-0.2, 0) is 0 Å². The van der Waals surface area contributed by atoms with E-state index >= 15 is 0 Å². The highest BCUT2D eigenvalue weighted by Crippen LogP contribution is 2.42. The number of fused-ring (bicyclic) bond motifs is 4. The number of aromatic nitrogens is 1. The Morgan fingerprint density at radius 1 is 1.38 bits per heavy atom. The van der Waals surface area contributed by atoms with Crippen LogP contribution in [0.1, 0.15) is 37.8 Å². The highest BCUT2D eigenvalue weighted by molar-refractivity contribution is 5.84. The zero-order valence-corrected chi connectivity index (χ0v) is 14.6. The molecule has 4 heteroatoms. The van der Waals surface area contributed by atoms with Crippen LogP contribution < -0.4 is 10.5 Å². The largest absolute Gasteiger partial charge is 0.497 e. The maximum atomic E-state index is 6.79. The zero-order valence-electron chi connectivity index (χ0n) is 14.6. The molecule has 128 valence electrons. The summed E-state index contributed by atoms with van der Waals surface area (Å²) in [6.07, 6.45) is 5.74. The molecular formula is C20H27N3O. The van der Waals surface area contributed by atoms with E-state index < -0.39 is 0 Å². The summed E-state index contributed by atoms with van der Waals surface area (Å²) in [5.74, 6) is 2.57. The smallest absolute Gasteiger partial charge is 0.119 e. The summed E-state index contributed by atoms with van der Waals surface area (Å²) >= 11 is 0. The number of ether oxygens (including phenoxy) is 1. The zero-order chi connectivity index (χ0) is 16.7. The van der Waals surface area contributed by atoms with Gasteiger partial charge in [-0.3, -0.25) is 9.88 Å². The Morgan fingerprint density at radius 2 is 2.25 bits per heavy atom. The van der Waals surface area contributed by atoms with Crippen LogP contribution in [0.5, 0.6) is 5.75 Å². The molecule has 0 saturated carbocycles. The van der Waals surface area contributed by atoms with Crippen LogP contribution in [0, 0.1) is 11.8 Å². The molecule has 3 saturated heterocycles. The van der Waals surface area contributed by atoms with Gasteiger partial charge in [0.15, 0.2) is 0 Å². The van der Waals surface area contributed by atoms with E-state index in [2.05, 4.69) is 28.9 Å². The van der Waals surface area contributed by atoms with Crippen molar-refractivity contribution in [1.82, 2.24) is 9.88 Å². The third-order valence-corrected chi connectivity index (χ3v) is 6.22. The number of benzene rings is 1. The molecule has 1 aromatic heterocycles. The average Bonchev–Trinajstić information content (AvgIpc) is 2.66. The molecule has 4 heterocycles. The van der Waals surface area contributed by atoms with Gasteiger partial charge in [-0.25, -0.2) is 0 Å². The predicted molar refractivity (Wildman–Crippen MR) is 97.1 cm³/mol. The van der Waals surface area contributed by atoms with Gasteiger partial charge in [-0.2, -0.15) is 0 Å². The number of nitrogens with two attached hydrogens (primary N) is 1. The van der Waals surface area contributed by atoms with Crippen molar-refractivity contribution in [3.05, 3.63) is 36.0 Å². The number of rotatable bonds is 4. The monoisotopic (exact) mass is 325 g/mol. The van der Waals surface area contributed by atoms with E-state index in [1.165, 1.54) is 37.9 Å². The lowest BCUT2D eigenvalue weighted by Crippen LogP contribution is -2.56. The van der Waals surface area contributed by atoms with Gasteiger partial charge in [0.05, 0.1) is 12.6 Å². The number of nitrogens with zero attached hydrogens (tertiary/aromatic N) is 2. The van der Waals surface area contributed by atoms with Gasteiger partial charge in [0, 0.05) is 30.2 Å². The molecule has 2 bridgehead atoms. The van der Waals surface area contributed by atoms with Crippen LogP contribution in [0.15, 0.2) is 30.5 Å². The molecular weight excluding hydrogens is 298 g/mol. The van der Waals surface area contributed by atoms with E-state index in [9.17, 15) is 0 Å². The molecule has 0 spiro atoms. The predicted octanol–water partition coefficient (Wildman–Crippen LogP) is 3.36. The van der Waals surface area contributed by atoms with E-state index in [0.717, 1.165) is 28.5 Å². The topological polar surface area (TPSA) is 51.4 Å². The first-order valence-electron chi connectivity index (χ1n) is 9.13. The van der Waals surface area contributed by atoms with Crippen LogP contribution >= 0.6 is 0 Å². The Balaban J connectivity index is 1.68. The second-order valence-corrected chi connectivity index (χ2v) is 7.32. The maximum Gasteiger partial charge on any atom is 0.119 e. The first-order valence-corrected chi connectivity index (χ1v) is 9.13. The Labute approximate surface area is 144 Å². The molecule has 0 aliphatic carbocycles. The van der Waals surface area contributed by atoms with Gasteiger partial charge in [-0.05, 0) is 61.1 Å². The van der Waals surface area contributed by atoms with Crippen LogP contribution in [0.3, 0.4) is 0 Å². The van der Waals surface area contributed by atoms with Crippen molar-refractivity contribution in [1.29, 1.82) is 0 Å². The molecule has 3 fully saturated rings. The second kappa shape index (κ2) is 6.34. The van der Waals surface area contributed by atoms with Gasteiger partial charge in [0.1, 0.15) is 5.75 Å². The van der Waals surface area contributed by atoms with Crippen LogP contribution in [0.4, 0.5) is 0 Å². The normalized spacial score (nSPS) is 30.5. The summed E-state index contributed by atoms with van der Waals surface area (Å²) in [6, 6.07) is 8.62. The fourth-order valence-electron chi connectivity index (χ4n) is 4.79. The average molecular weight is 325 g/mol. The van der Waals surface area contributed by atoms with Crippen molar-refractivity contribution >= 4 is 10.9 Å². The minimum absolute atomic E-state index is 0.0308. The van der Waals surface area contributed by atoms with Crippen molar-refractivity contribution in [3.8, 4) is 5.75 Å². The molecule has 0 amide bonds. The second-order valence-electron chi connectivity index (χ2n) is 7.32. The molecule has 4 nitrogen and oxygen atoms in total. The lowest BCUT2D eigenvalue weighted by Gasteiger charge is -2.51. The quantitative estimate of drug-likeness (QED) is 0.936. The minimum Gasteiger partial charge on any atom is -0.497 e. The van der Waals surface area contributed by atoms with Gasteiger partial charge < -0.3 is 10.5 Å². The summed E-state index contributed by atoms with van der Waals surface area (Å²) < 4.78 is 5.40. The van der Waals surface area contributed by atoms with Crippen molar-refractivity contribution in [2.24, 2.45) is 17.6 Å². The maximum absolute atomic E-state index is 6.79. The van der Waals surface area contributed by atoms with Gasteiger partial charge in [0.2, 0.25) is 0 Å². The molecule has 0 radical (unpaired) electrons. The Hall–Kier alpha value is -1.65. The van der Waals surface area contributed by atoms with Gasteiger partial charge >= 0.3 is 0 Å². The van der Waals surface area contributed by atoms with Crippen LogP contribution in [0.25, 0.3) is 10.9 Å². The molecule has 2 N–H and O–H groups in total. The lowest BCUT2D eigenvalue weighted by atomic mass is 9.72. The number of hydrogen-bond acceptors (Lipinski definition) is 4. The standard InChI is InChI=1S/C20H27N3O/c1-3-13-12-23-9-7-14(13)10-19(23)20(21)16-6-8-22-18-5-4-15(24-2)11-17(16)18/h4-6,8,11,13-14,19-20H,3,7,9-10,12,21H2,1-2H3/t13-,14?,19-,20-/m0/s1. The van der Waals surface area contributed by atoms with Gasteiger partial charge in [-0.15, -0.1) is 0 Å². The third-order valence-electron chi connectivity index (χ3n) is 6.22. The van der Waals surface area contributed by atoms with Crippen molar-refractivity contribution in [3.63, 3.8) is 0 Å². The molecule has 5 atom stereocenters. The van der Waals surface area contributed by atoms with Crippen LogP contribution in [0.2, 0.25) is 0 Å². The van der Waals surface area contributed by atoms with E-state index in [1.807, 2.05) is 18.3 Å². The molecule has 3 aliphatic rings. The Morgan fingerprint density at radius 3 is 2.96 bits per heavy atom. The fourth-order valence-corrected chi connectivity index (χ4v) is 4.79. The first-order chi connectivity index (χ1) is 11.7. The van der Waals surface area contributed by atoms with E-state index in [4.69, 9.17) is 10.5 Å². The summed E-state index contributed by atoms with van der Waals surface area (Å²) in [7, 11) is 1.70. The van der Waals surface area contributed by atoms with Crippen molar-refractivity contribution in [2.75, 3.05) is 20.2 Å². The Kier molecular flexibility index (Phi) is 4.19. The molecule has 5 rings (SSSR count). The van der Waals surface area contributed by atoms with Gasteiger partial charge in [-0.1, -0.05) is 13.3 Å². The SMILES string of the molecule is CC[C@H]1C[N@@]2CCC1C[C@H]2[C@@H](N)c1ccnc2ccc(OC)cc12. The number of methoxy groups -OCH3 is 1. The summed E-state index contributed by atoms with van der Waals surface area (Å²) in [5, 5.41) is 1.12. The van der Waals surface area contributed by atoms with E-state index in [0.29, 0.717) is 6.04 Å². The molecule has 2 aromatic rings. The number of piperidine rings is 3. The molecule has 1 unspecified atom stereocenters. The summed E-state index contributed by atoms with van der Waals surface area (Å²) in [6.45, 7) is 4.74. The highest BCUT2D eigenvalue weighted by atomic mass is 16.5. The minimum atomic E-state index is 0.0308. The lowest BCUT2D eigenvalue weighted by molar-refractivity contribution is -0.0105. The summed E-state index contributed by atoms with van der Waals surface area (Å²) in [5.41, 5.74) is 8.98. The molecule has 3 aliphatic heterocycles. The summed E-state index contributed by atoms with van der Waals surface area (Å²) in [4.78, 5) is 7.12. The first kappa shape index (κ1) is 15.9. The van der Waals surface area contributed by atoms with Crippen molar-refractivity contribution < 1.29 is 4.74 Å². The molecule has 24 heavy (non-hydrogen) atoms. The van der Waals surface area contributed by atoms with Gasteiger partial charge in [0.25, 0.3) is 0 Å². The van der Waals surface area contributed by atoms with Crippen molar-refractivity contribution in [2.45, 2.75) is 38.3 Å². The fraction of sp³-hybridized carbons (Fsp3) is 0.550. The number of hydrogen-bond donors (Lipinski definition) is 1. The third kappa shape index (κ3) is 2.58. The highest BCUT2D eigenvalue weighted by Gasteiger charge is 2.41.